The second-order valence-corrected chi connectivity index (χ2v) is 5.77. The Morgan fingerprint density at radius 1 is 1.31 bits per heavy atom. The zero-order valence-electron chi connectivity index (χ0n) is 9.30. The van der Waals surface area contributed by atoms with Crippen LogP contribution in [0.4, 0.5) is 0 Å². The van der Waals surface area contributed by atoms with Gasteiger partial charge >= 0.3 is 9.28 Å². The molecule has 80 valence electrons. The first-order valence-corrected chi connectivity index (χ1v) is 6.76. The van der Waals surface area contributed by atoms with E-state index >= 15 is 0 Å². The molecular weight excluding hydrogens is 182 g/mol. The van der Waals surface area contributed by atoms with Crippen LogP contribution in [0.3, 0.4) is 0 Å². The number of nitrogens with one attached hydrogen (secondary N) is 1. The van der Waals surface area contributed by atoms with Gasteiger partial charge in [0.2, 0.25) is 0 Å². The fourth-order valence-corrected chi connectivity index (χ4v) is 2.75. The third-order valence-electron chi connectivity index (χ3n) is 2.16. The highest BCUT2D eigenvalue weighted by atomic mass is 28.3. The van der Waals surface area contributed by atoms with E-state index in [0.29, 0.717) is 0 Å². The summed E-state index contributed by atoms with van der Waals surface area (Å²) in [5, 5.41) is 3.34. The molecule has 0 aromatic carbocycles. The minimum absolute atomic E-state index is 0.722. The van der Waals surface area contributed by atoms with Gasteiger partial charge in [0.05, 0.1) is 0 Å². The van der Waals surface area contributed by atoms with E-state index in [1.807, 2.05) is 0 Å². The first-order valence-electron chi connectivity index (χ1n) is 5.00. The molecule has 0 aliphatic rings. The molecule has 3 nitrogen and oxygen atoms in total. The molecule has 0 saturated carbocycles. The van der Waals surface area contributed by atoms with Crippen LogP contribution < -0.4 is 5.32 Å². The maximum absolute atomic E-state index is 5.25. The average molecular weight is 205 g/mol. The lowest BCUT2D eigenvalue weighted by Crippen LogP contribution is -2.24. The summed E-state index contributed by atoms with van der Waals surface area (Å²) in [4.78, 5) is 0. The fraction of sp³-hybridized carbons (Fsp3) is 1.00. The molecule has 1 unspecified atom stereocenters. The Morgan fingerprint density at radius 3 is 2.38 bits per heavy atom. The lowest BCUT2D eigenvalue weighted by Gasteiger charge is -2.15. The molecule has 4 heteroatoms. The van der Waals surface area contributed by atoms with Crippen LogP contribution in [0.2, 0.25) is 6.04 Å². The minimum Gasteiger partial charge on any atom is -0.400 e. The normalized spacial score (nSPS) is 13.6. The summed E-state index contributed by atoms with van der Waals surface area (Å²) >= 11 is 0. The van der Waals surface area contributed by atoms with Gasteiger partial charge in [-0.2, -0.15) is 0 Å². The molecule has 0 spiro atoms. The van der Waals surface area contributed by atoms with Crippen LogP contribution in [-0.2, 0) is 8.85 Å². The molecule has 0 heterocycles. The third kappa shape index (κ3) is 7.19. The minimum atomic E-state index is -1.31. The summed E-state index contributed by atoms with van der Waals surface area (Å²) in [6.07, 6.45) is 1.20. The fourth-order valence-electron chi connectivity index (χ4n) is 1.25. The maximum atomic E-state index is 5.25. The van der Waals surface area contributed by atoms with Crippen molar-refractivity contribution in [2.45, 2.75) is 26.3 Å². The number of rotatable bonds is 8. The van der Waals surface area contributed by atoms with E-state index < -0.39 is 9.28 Å². The van der Waals surface area contributed by atoms with E-state index in [9.17, 15) is 0 Å². The number of hydrogen-bond donors (Lipinski definition) is 1. The van der Waals surface area contributed by atoms with Crippen molar-refractivity contribution in [3.63, 3.8) is 0 Å². The summed E-state index contributed by atoms with van der Waals surface area (Å²) < 4.78 is 10.5. The lowest BCUT2D eigenvalue weighted by atomic mass is 10.1. The van der Waals surface area contributed by atoms with Crippen molar-refractivity contribution in [1.82, 2.24) is 5.32 Å². The molecule has 1 atom stereocenters. The van der Waals surface area contributed by atoms with Gasteiger partial charge in [0, 0.05) is 14.2 Å². The molecule has 0 aromatic heterocycles. The predicted octanol–water partition coefficient (Wildman–Crippen LogP) is 1.14. The average Bonchev–Trinajstić information content (AvgIpc) is 2.16. The predicted molar refractivity (Wildman–Crippen MR) is 58.3 cm³/mol. The number of hydrogen-bond acceptors (Lipinski definition) is 3. The monoisotopic (exact) mass is 205 g/mol. The molecule has 0 bridgehead atoms. The van der Waals surface area contributed by atoms with Gasteiger partial charge in [-0.15, -0.1) is 0 Å². The summed E-state index contributed by atoms with van der Waals surface area (Å²) in [6.45, 7) is 6.55. The van der Waals surface area contributed by atoms with Crippen molar-refractivity contribution in [1.29, 1.82) is 0 Å². The van der Waals surface area contributed by atoms with Crippen molar-refractivity contribution in [3.05, 3.63) is 0 Å². The van der Waals surface area contributed by atoms with Gasteiger partial charge in [-0.05, 0) is 31.5 Å². The van der Waals surface area contributed by atoms with Crippen molar-refractivity contribution in [2.24, 2.45) is 5.92 Å². The molecule has 0 aromatic rings. The molecule has 1 N–H and O–H groups in total. The standard InChI is InChI=1S/C9H23NO2Si/c1-5-10-8-9(2)6-7-13(11-3)12-4/h9-10,13H,5-8H2,1-4H3. The Balaban J connectivity index is 3.38. The van der Waals surface area contributed by atoms with E-state index in [4.69, 9.17) is 8.85 Å². The molecule has 13 heavy (non-hydrogen) atoms. The Bertz CT molecular complexity index is 110. The van der Waals surface area contributed by atoms with Gasteiger partial charge in [0.25, 0.3) is 0 Å². The zero-order valence-corrected chi connectivity index (χ0v) is 10.5. The van der Waals surface area contributed by atoms with Crippen LogP contribution in [0.25, 0.3) is 0 Å². The molecule has 0 aliphatic heterocycles. The summed E-state index contributed by atoms with van der Waals surface area (Å²) in [6, 6.07) is 1.11. The molecule has 0 saturated heterocycles. The van der Waals surface area contributed by atoms with Crippen LogP contribution in [-0.4, -0.2) is 36.6 Å². The molecular formula is C9H23NO2Si. The second kappa shape index (κ2) is 8.68. The highest BCUT2D eigenvalue weighted by molar-refractivity contribution is 6.44. The molecule has 0 aliphatic carbocycles. The smallest absolute Gasteiger partial charge is 0.320 e. The Morgan fingerprint density at radius 2 is 1.92 bits per heavy atom. The quantitative estimate of drug-likeness (QED) is 0.603. The first kappa shape index (κ1) is 13.1. The SMILES string of the molecule is CCNCC(C)CC[SiH](OC)OC. The van der Waals surface area contributed by atoms with Gasteiger partial charge in [-0.1, -0.05) is 13.8 Å². The van der Waals surface area contributed by atoms with Gasteiger partial charge in [0.15, 0.2) is 0 Å². The van der Waals surface area contributed by atoms with Gasteiger partial charge in [-0.25, -0.2) is 0 Å². The van der Waals surface area contributed by atoms with E-state index in [1.165, 1.54) is 6.42 Å². The van der Waals surface area contributed by atoms with Crippen LogP contribution in [0.1, 0.15) is 20.3 Å². The molecule has 0 amide bonds. The third-order valence-corrected chi connectivity index (χ3v) is 4.02. The van der Waals surface area contributed by atoms with E-state index in [2.05, 4.69) is 19.2 Å². The van der Waals surface area contributed by atoms with Crippen LogP contribution in [0.5, 0.6) is 0 Å². The highest BCUT2D eigenvalue weighted by Crippen LogP contribution is 2.08. The Hall–Kier alpha value is 0.0969. The highest BCUT2D eigenvalue weighted by Gasteiger charge is 2.11. The van der Waals surface area contributed by atoms with Crippen LogP contribution >= 0.6 is 0 Å². The van der Waals surface area contributed by atoms with Crippen molar-refractivity contribution in [2.75, 3.05) is 27.3 Å². The van der Waals surface area contributed by atoms with Crippen LogP contribution in [0, 0.1) is 5.92 Å². The maximum Gasteiger partial charge on any atom is 0.320 e. The summed E-state index contributed by atoms with van der Waals surface area (Å²) in [7, 11) is 2.18. The topological polar surface area (TPSA) is 30.5 Å². The van der Waals surface area contributed by atoms with E-state index in [0.717, 1.165) is 25.1 Å². The Kier molecular flexibility index (Phi) is 8.75. The van der Waals surface area contributed by atoms with Crippen molar-refractivity contribution >= 4 is 9.28 Å². The Labute approximate surface area is 83.7 Å². The first-order chi connectivity index (χ1) is 6.24. The molecule has 0 rings (SSSR count). The van der Waals surface area contributed by atoms with Crippen LogP contribution in [0.15, 0.2) is 0 Å². The van der Waals surface area contributed by atoms with E-state index in [1.54, 1.807) is 14.2 Å². The van der Waals surface area contributed by atoms with E-state index in [-0.39, 0.29) is 0 Å². The van der Waals surface area contributed by atoms with Gasteiger partial charge < -0.3 is 14.2 Å². The second-order valence-electron chi connectivity index (χ2n) is 3.39. The van der Waals surface area contributed by atoms with Gasteiger partial charge in [0.1, 0.15) is 0 Å². The molecule has 0 radical (unpaired) electrons. The molecule has 0 fully saturated rings. The lowest BCUT2D eigenvalue weighted by molar-refractivity contribution is 0.273. The summed E-state index contributed by atoms with van der Waals surface area (Å²) in [5.74, 6) is 0.722. The summed E-state index contributed by atoms with van der Waals surface area (Å²) in [5.41, 5.74) is 0. The van der Waals surface area contributed by atoms with Crippen molar-refractivity contribution < 1.29 is 8.85 Å². The van der Waals surface area contributed by atoms with Gasteiger partial charge in [-0.3, -0.25) is 0 Å². The zero-order chi connectivity index (χ0) is 10.1. The van der Waals surface area contributed by atoms with Crippen molar-refractivity contribution in [3.8, 4) is 0 Å². The largest absolute Gasteiger partial charge is 0.400 e.